The van der Waals surface area contributed by atoms with Gasteiger partial charge in [-0.2, -0.15) is 5.10 Å². The number of carbonyl (C=O) groups is 2. The van der Waals surface area contributed by atoms with Crippen LogP contribution in [0.1, 0.15) is 42.7 Å². The number of pyridine rings is 2. The van der Waals surface area contributed by atoms with E-state index in [1.807, 2.05) is 26.2 Å². The summed E-state index contributed by atoms with van der Waals surface area (Å²) < 4.78 is 1.73. The molecule has 10 heteroatoms. The molecule has 5 heterocycles. The van der Waals surface area contributed by atoms with Gasteiger partial charge in [-0.25, -0.2) is 4.98 Å². The highest BCUT2D eigenvalue weighted by molar-refractivity contribution is 6.06. The molecule has 2 amide bonds. The Morgan fingerprint density at radius 3 is 2.67 bits per heavy atom. The summed E-state index contributed by atoms with van der Waals surface area (Å²) in [6.45, 7) is 7.37. The first-order valence-electron chi connectivity index (χ1n) is 12.0. The number of hydrogen-bond donors (Lipinski definition) is 3. The van der Waals surface area contributed by atoms with Gasteiger partial charge in [0.15, 0.2) is 0 Å². The van der Waals surface area contributed by atoms with Crippen molar-refractivity contribution in [3.05, 3.63) is 54.2 Å². The summed E-state index contributed by atoms with van der Waals surface area (Å²) in [7, 11) is 1.86. The van der Waals surface area contributed by atoms with Gasteiger partial charge in [0, 0.05) is 35.9 Å². The van der Waals surface area contributed by atoms with Crippen LogP contribution < -0.4 is 10.6 Å². The van der Waals surface area contributed by atoms with E-state index >= 15 is 0 Å². The van der Waals surface area contributed by atoms with Crippen molar-refractivity contribution in [2.75, 3.05) is 23.7 Å². The van der Waals surface area contributed by atoms with E-state index in [-0.39, 0.29) is 17.4 Å². The van der Waals surface area contributed by atoms with E-state index in [4.69, 9.17) is 0 Å². The molecule has 1 aliphatic heterocycles. The van der Waals surface area contributed by atoms with E-state index in [2.05, 4.69) is 49.4 Å². The molecule has 0 aromatic carbocycles. The molecule has 186 valence electrons. The van der Waals surface area contributed by atoms with Gasteiger partial charge in [-0.05, 0) is 58.4 Å². The van der Waals surface area contributed by atoms with Crippen LogP contribution in [0.2, 0.25) is 0 Å². The zero-order valence-electron chi connectivity index (χ0n) is 20.9. The fourth-order valence-electron chi connectivity index (χ4n) is 4.61. The number of likely N-dealkylation sites (tertiary alicyclic amines) is 1. The van der Waals surface area contributed by atoms with Crippen molar-refractivity contribution in [2.24, 2.45) is 7.05 Å². The molecule has 5 rings (SSSR count). The first-order valence-corrected chi connectivity index (χ1v) is 12.0. The first-order chi connectivity index (χ1) is 17.2. The average Bonchev–Trinajstić information content (AvgIpc) is 3.53. The number of rotatable bonds is 6. The molecule has 36 heavy (non-hydrogen) atoms. The maximum atomic E-state index is 13.0. The Morgan fingerprint density at radius 2 is 1.94 bits per heavy atom. The van der Waals surface area contributed by atoms with Gasteiger partial charge < -0.3 is 15.6 Å². The third-order valence-electron chi connectivity index (χ3n) is 6.77. The minimum Gasteiger partial charge on any atom is -0.339 e. The largest absolute Gasteiger partial charge is 0.339 e. The zero-order chi connectivity index (χ0) is 25.4. The topological polar surface area (TPSA) is 121 Å². The van der Waals surface area contributed by atoms with Crippen molar-refractivity contribution in [1.82, 2.24) is 29.6 Å². The second-order valence-electron chi connectivity index (χ2n) is 9.94. The Bertz CT molecular complexity index is 1450. The number of nitrogens with one attached hydrogen (secondary N) is 3. The van der Waals surface area contributed by atoms with Gasteiger partial charge in [0.25, 0.3) is 5.91 Å². The minimum atomic E-state index is -0.305. The zero-order valence-corrected chi connectivity index (χ0v) is 20.9. The third kappa shape index (κ3) is 4.85. The van der Waals surface area contributed by atoms with E-state index in [0.717, 1.165) is 36.0 Å². The van der Waals surface area contributed by atoms with Gasteiger partial charge >= 0.3 is 0 Å². The molecule has 0 unspecified atom stereocenters. The molecule has 0 spiro atoms. The summed E-state index contributed by atoms with van der Waals surface area (Å²) in [5, 5.41) is 10.8. The summed E-state index contributed by atoms with van der Waals surface area (Å²) in [6, 6.07) is 5.47. The molecule has 1 saturated heterocycles. The normalized spacial score (nSPS) is 15.3. The van der Waals surface area contributed by atoms with Crippen LogP contribution in [0, 0.1) is 6.92 Å². The number of nitrogens with zero attached hydrogens (tertiary/aromatic N) is 5. The molecule has 10 nitrogen and oxygen atoms in total. The summed E-state index contributed by atoms with van der Waals surface area (Å²) in [5.41, 5.74) is 4.67. The number of carbonyl (C=O) groups excluding carboxylic acids is 2. The van der Waals surface area contributed by atoms with E-state index in [9.17, 15) is 9.59 Å². The quantitative estimate of drug-likeness (QED) is 0.382. The Morgan fingerprint density at radius 1 is 1.11 bits per heavy atom. The minimum absolute atomic E-state index is 0.0232. The molecule has 4 aromatic heterocycles. The van der Waals surface area contributed by atoms with Crippen LogP contribution in [0.25, 0.3) is 22.3 Å². The molecular formula is C26H30N8O2. The molecule has 0 atom stereocenters. The van der Waals surface area contributed by atoms with Crippen LogP contribution in [0.5, 0.6) is 0 Å². The van der Waals surface area contributed by atoms with Crippen LogP contribution in [-0.2, 0) is 11.8 Å². The van der Waals surface area contributed by atoms with Gasteiger partial charge in [-0.3, -0.25) is 24.2 Å². The average molecular weight is 487 g/mol. The van der Waals surface area contributed by atoms with Crippen LogP contribution >= 0.6 is 0 Å². The highest BCUT2D eigenvalue weighted by Gasteiger charge is 2.32. The van der Waals surface area contributed by atoms with E-state index in [1.165, 1.54) is 6.20 Å². The molecule has 0 bridgehead atoms. The smallest absolute Gasteiger partial charge is 0.257 e. The fourth-order valence-corrected chi connectivity index (χ4v) is 4.61. The van der Waals surface area contributed by atoms with Gasteiger partial charge in [0.05, 0.1) is 47.3 Å². The SMILES string of the molecule is Cc1ncc(NC(=O)CN2CCCC2(C)C)cc1NC(=O)c1cnc2[nH]c(-c3cnn(C)c3)cc2c1. The number of aryl methyl sites for hydroxylation is 2. The highest BCUT2D eigenvalue weighted by Crippen LogP contribution is 2.28. The van der Waals surface area contributed by atoms with E-state index < -0.39 is 0 Å². The Kier molecular flexibility index (Phi) is 6.05. The van der Waals surface area contributed by atoms with E-state index in [1.54, 1.807) is 29.2 Å². The Hall–Kier alpha value is -4.05. The molecule has 1 aliphatic rings. The molecule has 1 fully saturated rings. The number of aromatic amines is 1. The number of H-pyrrole nitrogens is 1. The summed E-state index contributed by atoms with van der Waals surface area (Å²) in [4.78, 5) is 39.9. The van der Waals surface area contributed by atoms with Crippen molar-refractivity contribution < 1.29 is 9.59 Å². The lowest BCUT2D eigenvalue weighted by molar-refractivity contribution is -0.118. The summed E-state index contributed by atoms with van der Waals surface area (Å²) in [5.74, 6) is -0.403. The predicted molar refractivity (Wildman–Crippen MR) is 139 cm³/mol. The maximum Gasteiger partial charge on any atom is 0.257 e. The van der Waals surface area contributed by atoms with Gasteiger partial charge in [-0.1, -0.05) is 0 Å². The van der Waals surface area contributed by atoms with Gasteiger partial charge in [0.1, 0.15) is 5.65 Å². The Balaban J connectivity index is 1.29. The molecule has 3 N–H and O–H groups in total. The number of amides is 2. The van der Waals surface area contributed by atoms with Crippen molar-refractivity contribution in [2.45, 2.75) is 39.2 Å². The second-order valence-corrected chi connectivity index (χ2v) is 9.94. The maximum absolute atomic E-state index is 13.0. The van der Waals surface area contributed by atoms with Crippen molar-refractivity contribution in [3.63, 3.8) is 0 Å². The molecular weight excluding hydrogens is 456 g/mol. The van der Waals surface area contributed by atoms with Crippen molar-refractivity contribution in [1.29, 1.82) is 0 Å². The lowest BCUT2D eigenvalue weighted by Gasteiger charge is -2.30. The number of anilines is 2. The number of hydrogen-bond acceptors (Lipinski definition) is 6. The third-order valence-corrected chi connectivity index (χ3v) is 6.77. The molecule has 4 aromatic rings. The highest BCUT2D eigenvalue weighted by atomic mass is 16.2. The van der Waals surface area contributed by atoms with Crippen LogP contribution in [-0.4, -0.2) is 60.1 Å². The molecule has 0 radical (unpaired) electrons. The van der Waals surface area contributed by atoms with Crippen LogP contribution in [0.4, 0.5) is 11.4 Å². The first kappa shape index (κ1) is 23.7. The predicted octanol–water partition coefficient (Wildman–Crippen LogP) is 3.73. The standard InChI is InChI=1S/C26H30N8O2/c1-16-21(10-20(13-27-16)30-23(35)15-34-7-5-6-26(34,2)3)32-25(36)18-8-17-9-22(31-24(17)28-11-18)19-12-29-33(4)14-19/h8-14H,5-7,15H2,1-4H3,(H,28,31)(H,30,35)(H,32,36). The number of fused-ring (bicyclic) bond motifs is 1. The lowest BCUT2D eigenvalue weighted by Crippen LogP contribution is -2.42. The van der Waals surface area contributed by atoms with Gasteiger partial charge in [-0.15, -0.1) is 0 Å². The second kappa shape index (κ2) is 9.19. The van der Waals surface area contributed by atoms with Crippen LogP contribution in [0.15, 0.2) is 43.0 Å². The van der Waals surface area contributed by atoms with Crippen molar-refractivity contribution in [3.8, 4) is 11.3 Å². The fraction of sp³-hybridized carbons (Fsp3) is 0.346. The van der Waals surface area contributed by atoms with E-state index in [0.29, 0.717) is 34.8 Å². The molecule has 0 saturated carbocycles. The lowest BCUT2D eigenvalue weighted by atomic mass is 10.0. The summed E-state index contributed by atoms with van der Waals surface area (Å²) >= 11 is 0. The van der Waals surface area contributed by atoms with Crippen LogP contribution in [0.3, 0.4) is 0 Å². The Labute approximate surface area is 209 Å². The monoisotopic (exact) mass is 486 g/mol. The summed E-state index contributed by atoms with van der Waals surface area (Å²) in [6.07, 6.45) is 8.99. The van der Waals surface area contributed by atoms with Gasteiger partial charge in [0.2, 0.25) is 5.91 Å². The molecule has 0 aliphatic carbocycles. The van der Waals surface area contributed by atoms with Crippen molar-refractivity contribution >= 4 is 34.2 Å². The number of aromatic nitrogens is 5.